The molecule has 116 valence electrons. The van der Waals surface area contributed by atoms with Crippen LogP contribution in [0.15, 0.2) is 42.0 Å². The highest BCUT2D eigenvalue weighted by molar-refractivity contribution is 5.48. The van der Waals surface area contributed by atoms with Crippen molar-refractivity contribution in [1.29, 1.82) is 0 Å². The van der Waals surface area contributed by atoms with Gasteiger partial charge in [0, 0.05) is 0 Å². The molecule has 2 rings (SSSR count). The first kappa shape index (κ1) is 15.9. The molecule has 1 aromatic carbocycles. The molecule has 6 nitrogen and oxygen atoms in total. The van der Waals surface area contributed by atoms with E-state index in [1.165, 1.54) is 15.9 Å². The normalized spacial score (nSPS) is 10.5. The fourth-order valence-corrected chi connectivity index (χ4v) is 2.36. The predicted octanol–water partition coefficient (Wildman–Crippen LogP) is 1.62. The lowest BCUT2D eigenvalue weighted by Gasteiger charge is -2.17. The number of hydrazine groups is 1. The van der Waals surface area contributed by atoms with E-state index in [0.29, 0.717) is 6.54 Å². The second-order valence-corrected chi connectivity index (χ2v) is 4.88. The van der Waals surface area contributed by atoms with E-state index in [9.17, 15) is 4.79 Å². The van der Waals surface area contributed by atoms with Gasteiger partial charge in [0.25, 0.3) is 0 Å². The highest BCUT2D eigenvalue weighted by atomic mass is 16.1. The fourth-order valence-electron chi connectivity index (χ4n) is 2.36. The monoisotopic (exact) mass is 299 g/mol. The van der Waals surface area contributed by atoms with Crippen molar-refractivity contribution >= 4 is 5.95 Å². The maximum atomic E-state index is 12.4. The third kappa shape index (κ3) is 3.07. The van der Waals surface area contributed by atoms with E-state index >= 15 is 0 Å². The van der Waals surface area contributed by atoms with E-state index in [1.807, 2.05) is 18.2 Å². The minimum Gasteiger partial charge on any atom is -0.275 e. The summed E-state index contributed by atoms with van der Waals surface area (Å²) >= 11 is 0. The fraction of sp³-hybridized carbons (Fsp3) is 0.312. The van der Waals surface area contributed by atoms with Gasteiger partial charge in [0.2, 0.25) is 5.95 Å². The molecule has 0 fully saturated rings. The van der Waals surface area contributed by atoms with Crippen LogP contribution in [0.3, 0.4) is 0 Å². The molecule has 6 heteroatoms. The second kappa shape index (κ2) is 7.00. The number of nitrogens with two attached hydrogens (primary N) is 1. The maximum absolute atomic E-state index is 12.4. The van der Waals surface area contributed by atoms with E-state index in [4.69, 9.17) is 5.84 Å². The van der Waals surface area contributed by atoms with Crippen molar-refractivity contribution < 1.29 is 0 Å². The molecule has 2 aromatic rings. The number of nitrogens with zero attached hydrogens (tertiary/aromatic N) is 4. The number of hydrogen-bond donors (Lipinski definition) is 1. The Hall–Kier alpha value is -2.47. The lowest BCUT2D eigenvalue weighted by Crippen LogP contribution is -2.36. The SMILES string of the molecule is C=CCN(N)c1ncn(-c2c(CC)cccc2CC)c(=O)n1. The molecule has 22 heavy (non-hydrogen) atoms. The molecule has 2 N–H and O–H groups in total. The first-order valence-corrected chi connectivity index (χ1v) is 7.32. The number of benzene rings is 1. The van der Waals surface area contributed by atoms with Crippen LogP contribution in [0.2, 0.25) is 0 Å². The van der Waals surface area contributed by atoms with Crippen LogP contribution in [0.1, 0.15) is 25.0 Å². The highest BCUT2D eigenvalue weighted by Gasteiger charge is 2.13. The highest BCUT2D eigenvalue weighted by Crippen LogP contribution is 2.19. The summed E-state index contributed by atoms with van der Waals surface area (Å²) in [6, 6.07) is 6.04. The smallest absolute Gasteiger partial charge is 0.275 e. The van der Waals surface area contributed by atoms with Crippen LogP contribution in [0.5, 0.6) is 0 Å². The van der Waals surface area contributed by atoms with Crippen molar-refractivity contribution in [2.75, 3.05) is 11.6 Å². The molecule has 0 saturated heterocycles. The molecule has 0 bridgehead atoms. The number of rotatable bonds is 6. The molecule has 0 amide bonds. The number of anilines is 1. The topological polar surface area (TPSA) is 77.0 Å². The molecule has 0 aliphatic heterocycles. The van der Waals surface area contributed by atoms with Crippen LogP contribution in [-0.2, 0) is 12.8 Å². The third-order valence-corrected chi connectivity index (χ3v) is 3.48. The molecule has 1 heterocycles. The van der Waals surface area contributed by atoms with Crippen LogP contribution in [0.25, 0.3) is 5.69 Å². The van der Waals surface area contributed by atoms with Gasteiger partial charge in [0.15, 0.2) is 0 Å². The molecule has 0 spiro atoms. The Morgan fingerprint density at radius 3 is 2.45 bits per heavy atom. The number of aryl methyl sites for hydroxylation is 2. The van der Waals surface area contributed by atoms with Gasteiger partial charge in [-0.15, -0.1) is 6.58 Å². The zero-order valence-corrected chi connectivity index (χ0v) is 13.0. The molecule has 0 saturated carbocycles. The van der Waals surface area contributed by atoms with Gasteiger partial charge in [-0.3, -0.25) is 9.58 Å². The lowest BCUT2D eigenvalue weighted by atomic mass is 10.0. The van der Waals surface area contributed by atoms with Gasteiger partial charge in [0.1, 0.15) is 6.33 Å². The maximum Gasteiger partial charge on any atom is 0.356 e. The Morgan fingerprint density at radius 2 is 1.95 bits per heavy atom. The summed E-state index contributed by atoms with van der Waals surface area (Å²) in [6.07, 6.45) is 4.77. The van der Waals surface area contributed by atoms with Crippen molar-refractivity contribution in [3.05, 3.63) is 58.8 Å². The van der Waals surface area contributed by atoms with Crippen molar-refractivity contribution in [2.24, 2.45) is 5.84 Å². The first-order valence-electron chi connectivity index (χ1n) is 7.32. The molecule has 0 aliphatic rings. The largest absolute Gasteiger partial charge is 0.356 e. The second-order valence-electron chi connectivity index (χ2n) is 4.88. The Morgan fingerprint density at radius 1 is 1.32 bits per heavy atom. The van der Waals surface area contributed by atoms with E-state index in [-0.39, 0.29) is 11.6 Å². The van der Waals surface area contributed by atoms with Gasteiger partial charge in [-0.1, -0.05) is 38.1 Å². The summed E-state index contributed by atoms with van der Waals surface area (Å²) in [5.74, 6) is 5.95. The number of para-hydroxylation sites is 1. The van der Waals surface area contributed by atoms with Crippen LogP contribution in [0.4, 0.5) is 5.95 Å². The minimum absolute atomic E-state index is 0.188. The molecule has 0 atom stereocenters. The summed E-state index contributed by atoms with van der Waals surface area (Å²) in [4.78, 5) is 20.5. The van der Waals surface area contributed by atoms with Crippen LogP contribution >= 0.6 is 0 Å². The quantitative estimate of drug-likeness (QED) is 0.498. The van der Waals surface area contributed by atoms with Crippen LogP contribution in [0, 0.1) is 0 Å². The Labute approximate surface area is 129 Å². The van der Waals surface area contributed by atoms with E-state index < -0.39 is 0 Å². The molecule has 0 radical (unpaired) electrons. The number of aromatic nitrogens is 3. The van der Waals surface area contributed by atoms with Gasteiger partial charge in [-0.25, -0.2) is 15.6 Å². The summed E-state index contributed by atoms with van der Waals surface area (Å²) in [5.41, 5.74) is 2.67. The van der Waals surface area contributed by atoms with E-state index in [2.05, 4.69) is 30.4 Å². The van der Waals surface area contributed by atoms with Crippen molar-refractivity contribution in [1.82, 2.24) is 14.5 Å². The predicted molar refractivity (Wildman–Crippen MR) is 88.1 cm³/mol. The summed E-state index contributed by atoms with van der Waals surface area (Å²) in [5, 5.41) is 1.28. The molecular weight excluding hydrogens is 278 g/mol. The third-order valence-electron chi connectivity index (χ3n) is 3.48. The van der Waals surface area contributed by atoms with Crippen molar-refractivity contribution in [3.63, 3.8) is 0 Å². The average Bonchev–Trinajstić information content (AvgIpc) is 2.54. The minimum atomic E-state index is -0.389. The molecule has 1 aromatic heterocycles. The standard InChI is InChI=1S/C16H21N5O/c1-4-10-21(17)15-18-11-20(16(22)19-15)14-12(5-2)8-7-9-13(14)6-3/h4,7-9,11H,1,5-6,10,17H2,2-3H3. The first-order chi connectivity index (χ1) is 10.6. The lowest BCUT2D eigenvalue weighted by molar-refractivity contribution is 0.789. The van der Waals surface area contributed by atoms with Gasteiger partial charge < -0.3 is 0 Å². The summed E-state index contributed by atoms with van der Waals surface area (Å²) in [6.45, 7) is 8.09. The molecule has 0 aliphatic carbocycles. The van der Waals surface area contributed by atoms with Gasteiger partial charge in [-0.05, 0) is 24.0 Å². The molecular formula is C16H21N5O. The summed E-state index contributed by atoms with van der Waals surface area (Å²) in [7, 11) is 0. The van der Waals surface area contributed by atoms with Gasteiger partial charge >= 0.3 is 5.69 Å². The van der Waals surface area contributed by atoms with Gasteiger partial charge in [-0.2, -0.15) is 4.98 Å². The summed E-state index contributed by atoms with van der Waals surface area (Å²) < 4.78 is 1.49. The van der Waals surface area contributed by atoms with Gasteiger partial charge in [0.05, 0.1) is 12.2 Å². The zero-order valence-electron chi connectivity index (χ0n) is 13.0. The van der Waals surface area contributed by atoms with Crippen LogP contribution in [-0.4, -0.2) is 21.1 Å². The molecule has 0 unspecified atom stereocenters. The Kier molecular flexibility index (Phi) is 5.06. The van der Waals surface area contributed by atoms with Crippen molar-refractivity contribution in [3.8, 4) is 5.69 Å². The number of hydrogen-bond acceptors (Lipinski definition) is 5. The Balaban J connectivity index is 2.55. The van der Waals surface area contributed by atoms with E-state index in [0.717, 1.165) is 29.7 Å². The Bertz CT molecular complexity index is 700. The van der Waals surface area contributed by atoms with E-state index in [1.54, 1.807) is 6.08 Å². The van der Waals surface area contributed by atoms with Crippen LogP contribution < -0.4 is 16.5 Å². The zero-order chi connectivity index (χ0) is 16.1. The average molecular weight is 299 g/mol. The van der Waals surface area contributed by atoms with Crippen molar-refractivity contribution in [2.45, 2.75) is 26.7 Å².